The van der Waals surface area contributed by atoms with Gasteiger partial charge in [0.2, 0.25) is 0 Å². The van der Waals surface area contributed by atoms with Crippen LogP contribution in [-0.2, 0) is 9.53 Å². The zero-order valence-corrected chi connectivity index (χ0v) is 15.1. The molecule has 0 aliphatic carbocycles. The van der Waals surface area contributed by atoms with Crippen LogP contribution in [0.5, 0.6) is 0 Å². The van der Waals surface area contributed by atoms with E-state index < -0.39 is 12.1 Å². The van der Waals surface area contributed by atoms with Crippen LogP contribution in [0.4, 0.5) is 0 Å². The molecule has 0 saturated carbocycles. The maximum atomic E-state index is 12.7. The lowest BCUT2D eigenvalue weighted by Crippen LogP contribution is -2.51. The third kappa shape index (κ3) is 3.31. The monoisotopic (exact) mass is 345 g/mol. The molecule has 0 radical (unpaired) electrons. The van der Waals surface area contributed by atoms with Crippen LogP contribution >= 0.6 is 11.3 Å². The van der Waals surface area contributed by atoms with E-state index in [9.17, 15) is 9.59 Å². The second-order valence-corrected chi connectivity index (χ2v) is 7.65. The topological polar surface area (TPSA) is 46.6 Å². The first kappa shape index (κ1) is 17.0. The molecule has 0 N–H and O–H groups in total. The molecule has 24 heavy (non-hydrogen) atoms. The number of piperidine rings is 1. The van der Waals surface area contributed by atoms with Gasteiger partial charge in [0.05, 0.1) is 0 Å². The zero-order valence-electron chi connectivity index (χ0n) is 14.3. The Labute approximate surface area is 146 Å². The molecule has 0 bridgehead atoms. The molecule has 128 valence electrons. The Bertz CT molecular complexity index is 711. The lowest BCUT2D eigenvalue weighted by molar-refractivity contribution is -0.146. The number of hydrogen-bond donors (Lipinski definition) is 0. The van der Waals surface area contributed by atoms with E-state index in [0.29, 0.717) is 4.88 Å². The maximum absolute atomic E-state index is 12.7. The predicted molar refractivity (Wildman–Crippen MR) is 96.3 cm³/mol. The quantitative estimate of drug-likeness (QED) is 0.782. The van der Waals surface area contributed by atoms with Crippen molar-refractivity contribution in [1.82, 2.24) is 4.90 Å². The molecule has 3 atom stereocenters. The highest BCUT2D eigenvalue weighted by Crippen LogP contribution is 2.27. The SMILES string of the molecule is C[C@@H]1CCC[C@H](C)N1C(=O)[C@@H](C)OC(=O)c1cc2ccccc2s1. The number of amides is 1. The normalized spacial score (nSPS) is 22.4. The van der Waals surface area contributed by atoms with Crippen LogP contribution in [0.2, 0.25) is 0 Å². The molecular weight excluding hydrogens is 322 g/mol. The summed E-state index contributed by atoms with van der Waals surface area (Å²) in [7, 11) is 0. The molecule has 5 heteroatoms. The summed E-state index contributed by atoms with van der Waals surface area (Å²) in [5, 5.41) is 1.02. The molecule has 1 amide bonds. The van der Waals surface area contributed by atoms with Gasteiger partial charge in [-0.25, -0.2) is 4.79 Å². The number of rotatable bonds is 3. The van der Waals surface area contributed by atoms with Crippen LogP contribution in [0.15, 0.2) is 30.3 Å². The van der Waals surface area contributed by atoms with Crippen LogP contribution in [0.1, 0.15) is 49.7 Å². The van der Waals surface area contributed by atoms with Gasteiger partial charge in [-0.3, -0.25) is 4.79 Å². The van der Waals surface area contributed by atoms with Crippen LogP contribution in [-0.4, -0.2) is 35.0 Å². The van der Waals surface area contributed by atoms with Crippen LogP contribution in [0.25, 0.3) is 10.1 Å². The summed E-state index contributed by atoms with van der Waals surface area (Å²) in [4.78, 5) is 27.5. The fraction of sp³-hybridized carbons (Fsp3) is 0.474. The van der Waals surface area contributed by atoms with Gasteiger partial charge < -0.3 is 9.64 Å². The first-order valence-corrected chi connectivity index (χ1v) is 9.30. The fourth-order valence-electron chi connectivity index (χ4n) is 3.42. The number of nitrogens with zero attached hydrogens (tertiary/aromatic N) is 1. The van der Waals surface area contributed by atoms with E-state index in [-0.39, 0.29) is 18.0 Å². The van der Waals surface area contributed by atoms with Crippen LogP contribution < -0.4 is 0 Å². The molecule has 1 aromatic carbocycles. The number of hydrogen-bond acceptors (Lipinski definition) is 4. The lowest BCUT2D eigenvalue weighted by atomic mass is 9.97. The molecule has 2 heterocycles. The first-order chi connectivity index (χ1) is 11.5. The number of carbonyl (C=O) groups is 2. The standard InChI is InChI=1S/C19H23NO3S/c1-12-7-6-8-13(2)20(12)18(21)14(3)23-19(22)17-11-15-9-4-5-10-16(15)24-17/h4-5,9-14H,6-8H2,1-3H3/t12-,13+,14-/m1/s1. The maximum Gasteiger partial charge on any atom is 0.349 e. The second kappa shape index (κ2) is 6.93. The molecule has 1 aromatic heterocycles. The Morgan fingerprint density at radius 3 is 2.54 bits per heavy atom. The van der Waals surface area contributed by atoms with Gasteiger partial charge in [-0.1, -0.05) is 18.2 Å². The Kier molecular flexibility index (Phi) is 4.90. The third-order valence-electron chi connectivity index (χ3n) is 4.71. The molecule has 2 aromatic rings. The molecule has 1 aliphatic heterocycles. The van der Waals surface area contributed by atoms with Gasteiger partial charge in [-0.05, 0) is 57.6 Å². The largest absolute Gasteiger partial charge is 0.448 e. The van der Waals surface area contributed by atoms with Crippen molar-refractivity contribution in [2.24, 2.45) is 0 Å². The van der Waals surface area contributed by atoms with Gasteiger partial charge in [-0.2, -0.15) is 0 Å². The van der Waals surface area contributed by atoms with E-state index >= 15 is 0 Å². The second-order valence-electron chi connectivity index (χ2n) is 6.57. The van der Waals surface area contributed by atoms with Gasteiger partial charge in [0, 0.05) is 16.8 Å². The fourth-order valence-corrected chi connectivity index (χ4v) is 4.36. The van der Waals surface area contributed by atoms with Gasteiger partial charge in [-0.15, -0.1) is 11.3 Å². The number of fused-ring (bicyclic) bond motifs is 1. The van der Waals surface area contributed by atoms with E-state index in [1.165, 1.54) is 11.3 Å². The van der Waals surface area contributed by atoms with Gasteiger partial charge in [0.1, 0.15) is 4.88 Å². The summed E-state index contributed by atoms with van der Waals surface area (Å²) in [6.07, 6.45) is 2.40. The summed E-state index contributed by atoms with van der Waals surface area (Å²) in [5.74, 6) is -0.515. The van der Waals surface area contributed by atoms with Gasteiger partial charge in [0.15, 0.2) is 6.10 Å². The lowest BCUT2D eigenvalue weighted by Gasteiger charge is -2.40. The van der Waals surface area contributed by atoms with E-state index in [1.54, 1.807) is 6.92 Å². The molecule has 0 spiro atoms. The van der Waals surface area contributed by atoms with Crippen molar-refractivity contribution in [2.75, 3.05) is 0 Å². The molecule has 4 nitrogen and oxygen atoms in total. The minimum atomic E-state index is -0.759. The molecule has 1 aliphatic rings. The molecule has 3 rings (SSSR count). The van der Waals surface area contributed by atoms with Crippen molar-refractivity contribution < 1.29 is 14.3 Å². The van der Waals surface area contributed by atoms with Gasteiger partial charge >= 0.3 is 5.97 Å². The van der Waals surface area contributed by atoms with E-state index in [1.807, 2.05) is 35.2 Å². The van der Waals surface area contributed by atoms with Crippen molar-refractivity contribution in [1.29, 1.82) is 0 Å². The van der Waals surface area contributed by atoms with E-state index in [2.05, 4.69) is 13.8 Å². The van der Waals surface area contributed by atoms with Crippen LogP contribution in [0.3, 0.4) is 0 Å². The highest BCUT2D eigenvalue weighted by atomic mass is 32.1. The van der Waals surface area contributed by atoms with E-state index in [0.717, 1.165) is 29.3 Å². The highest BCUT2D eigenvalue weighted by molar-refractivity contribution is 7.20. The predicted octanol–water partition coefficient (Wildman–Crippen LogP) is 4.24. The number of likely N-dealkylation sites (tertiary alicyclic amines) is 1. The molecular formula is C19H23NO3S. The van der Waals surface area contributed by atoms with Crippen molar-refractivity contribution in [3.63, 3.8) is 0 Å². The van der Waals surface area contributed by atoms with E-state index in [4.69, 9.17) is 4.74 Å². The minimum absolute atomic E-state index is 0.0934. The summed E-state index contributed by atoms with van der Waals surface area (Å²) < 4.78 is 6.50. The van der Waals surface area contributed by atoms with Crippen molar-refractivity contribution in [3.05, 3.63) is 35.2 Å². The third-order valence-corrected chi connectivity index (χ3v) is 5.80. The van der Waals surface area contributed by atoms with Gasteiger partial charge in [0.25, 0.3) is 5.91 Å². The molecule has 0 unspecified atom stereocenters. The summed E-state index contributed by atoms with van der Waals surface area (Å²) in [6.45, 7) is 5.80. The summed E-state index contributed by atoms with van der Waals surface area (Å²) >= 11 is 1.40. The smallest absolute Gasteiger partial charge is 0.349 e. The Morgan fingerprint density at radius 1 is 1.21 bits per heavy atom. The average molecular weight is 345 g/mol. The number of carbonyl (C=O) groups excluding carboxylic acids is 2. The Hall–Kier alpha value is -1.88. The van der Waals surface area contributed by atoms with Crippen molar-refractivity contribution in [2.45, 2.75) is 58.2 Å². The molecule has 1 saturated heterocycles. The minimum Gasteiger partial charge on any atom is -0.448 e. The van der Waals surface area contributed by atoms with Crippen molar-refractivity contribution in [3.8, 4) is 0 Å². The zero-order chi connectivity index (χ0) is 17.3. The Balaban J connectivity index is 1.70. The summed E-state index contributed by atoms with van der Waals surface area (Å²) in [5.41, 5.74) is 0. The first-order valence-electron chi connectivity index (χ1n) is 8.49. The van der Waals surface area contributed by atoms with Crippen LogP contribution in [0, 0.1) is 0 Å². The highest BCUT2D eigenvalue weighted by Gasteiger charge is 2.33. The number of ether oxygens (including phenoxy) is 1. The Morgan fingerprint density at radius 2 is 1.88 bits per heavy atom. The molecule has 1 fully saturated rings. The number of benzene rings is 1. The van der Waals surface area contributed by atoms with Crippen molar-refractivity contribution >= 4 is 33.3 Å². The average Bonchev–Trinajstić information content (AvgIpc) is 2.98. The number of thiophene rings is 1. The number of esters is 1. The summed E-state index contributed by atoms with van der Waals surface area (Å²) in [6, 6.07) is 10.1.